The van der Waals surface area contributed by atoms with E-state index in [-0.39, 0.29) is 25.6 Å². The van der Waals surface area contributed by atoms with Crippen LogP contribution in [0.15, 0.2) is 24.3 Å². The maximum absolute atomic E-state index is 11.8. The third-order valence-electron chi connectivity index (χ3n) is 8.65. The number of nitro groups is 1. The molecule has 0 aliphatic heterocycles. The molecule has 0 saturated heterocycles. The SMILES string of the molecule is CC(=O)CC[C@@H]1[C@@H](C[Se]c2ccccc2[N+](=O)[O-])CC[C@@H]2[C@@]3(C)C[C@H]3CC[C@]21C. The van der Waals surface area contributed by atoms with Crippen molar-refractivity contribution in [3.63, 3.8) is 0 Å². The van der Waals surface area contributed by atoms with Gasteiger partial charge in [0, 0.05) is 0 Å². The van der Waals surface area contributed by atoms with Crippen LogP contribution in [-0.4, -0.2) is 25.7 Å². The van der Waals surface area contributed by atoms with Gasteiger partial charge in [0.2, 0.25) is 0 Å². The second kappa shape index (κ2) is 7.81. The molecule has 0 bridgehead atoms. The molecule has 4 nitrogen and oxygen atoms in total. The van der Waals surface area contributed by atoms with Gasteiger partial charge in [-0.25, -0.2) is 0 Å². The molecule has 0 radical (unpaired) electrons. The van der Waals surface area contributed by atoms with Gasteiger partial charge in [0.05, 0.1) is 0 Å². The third-order valence-corrected chi connectivity index (χ3v) is 11.3. The molecule has 3 saturated carbocycles. The van der Waals surface area contributed by atoms with E-state index < -0.39 is 0 Å². The summed E-state index contributed by atoms with van der Waals surface area (Å²) in [7, 11) is 0. The zero-order valence-corrected chi connectivity index (χ0v) is 19.6. The quantitative estimate of drug-likeness (QED) is 0.319. The number of fused-ring (bicyclic) bond motifs is 3. The summed E-state index contributed by atoms with van der Waals surface area (Å²) in [6.07, 6.45) is 8.27. The molecule has 29 heavy (non-hydrogen) atoms. The first kappa shape index (κ1) is 21.1. The first-order valence-corrected chi connectivity index (χ1v) is 13.2. The number of para-hydroxylation sites is 1. The van der Waals surface area contributed by atoms with Crippen molar-refractivity contribution in [3.8, 4) is 0 Å². The molecule has 6 atom stereocenters. The number of carbonyl (C=O) groups is 1. The summed E-state index contributed by atoms with van der Waals surface area (Å²) >= 11 is 0.104. The van der Waals surface area contributed by atoms with E-state index >= 15 is 0 Å². The molecule has 0 N–H and O–H groups in total. The molecule has 3 aliphatic carbocycles. The fourth-order valence-corrected chi connectivity index (χ4v) is 9.66. The molecule has 4 rings (SSSR count). The zero-order valence-electron chi connectivity index (χ0n) is 17.9. The topological polar surface area (TPSA) is 60.2 Å². The van der Waals surface area contributed by atoms with E-state index in [1.807, 2.05) is 12.1 Å². The molecular weight excluding hydrogens is 429 g/mol. The number of ketones is 1. The van der Waals surface area contributed by atoms with Crippen LogP contribution < -0.4 is 4.46 Å². The van der Waals surface area contributed by atoms with Crippen molar-refractivity contribution < 1.29 is 9.72 Å². The van der Waals surface area contributed by atoms with Gasteiger partial charge in [0.25, 0.3) is 0 Å². The van der Waals surface area contributed by atoms with Crippen molar-refractivity contribution in [2.45, 2.75) is 71.0 Å². The van der Waals surface area contributed by atoms with Gasteiger partial charge in [-0.2, -0.15) is 0 Å². The van der Waals surface area contributed by atoms with E-state index in [1.54, 1.807) is 19.1 Å². The van der Waals surface area contributed by atoms with Gasteiger partial charge in [0.15, 0.2) is 0 Å². The molecule has 5 heteroatoms. The molecule has 3 fully saturated rings. The van der Waals surface area contributed by atoms with Gasteiger partial charge in [-0.1, -0.05) is 0 Å². The predicted molar refractivity (Wildman–Crippen MR) is 116 cm³/mol. The molecule has 0 aromatic heterocycles. The first-order chi connectivity index (χ1) is 13.8. The standard InChI is InChI=1S/C24H33NO3Se/c1-16(26)8-10-19-17(15-29-21-7-5-4-6-20(21)25(27)28)9-11-22-23(19,2)13-12-18-14-24(18,22)3/h4-7,17-19,22H,8-15H2,1-3H3/t17-,18-,19-,22+,23+,24+/m1/s1. The monoisotopic (exact) mass is 463 g/mol. The van der Waals surface area contributed by atoms with Gasteiger partial charge in [-0.05, 0) is 0 Å². The van der Waals surface area contributed by atoms with Crippen molar-refractivity contribution in [1.82, 2.24) is 0 Å². The number of rotatable bonds is 7. The number of carbonyl (C=O) groups excluding carboxylic acids is 1. The number of hydrogen-bond acceptors (Lipinski definition) is 3. The van der Waals surface area contributed by atoms with Crippen molar-refractivity contribution in [3.05, 3.63) is 34.4 Å². The maximum atomic E-state index is 11.8. The van der Waals surface area contributed by atoms with E-state index in [4.69, 9.17) is 0 Å². The summed E-state index contributed by atoms with van der Waals surface area (Å²) in [4.78, 5) is 23.0. The van der Waals surface area contributed by atoms with Gasteiger partial charge in [-0.3, -0.25) is 0 Å². The summed E-state index contributed by atoms with van der Waals surface area (Å²) in [6.45, 7) is 6.75. The van der Waals surface area contributed by atoms with Crippen molar-refractivity contribution >= 4 is 30.9 Å². The van der Waals surface area contributed by atoms with Crippen LogP contribution in [0.4, 0.5) is 5.69 Å². The van der Waals surface area contributed by atoms with Gasteiger partial charge in [0.1, 0.15) is 0 Å². The fourth-order valence-electron chi connectivity index (χ4n) is 7.02. The van der Waals surface area contributed by atoms with Crippen LogP contribution >= 0.6 is 0 Å². The van der Waals surface area contributed by atoms with Crippen molar-refractivity contribution in [1.29, 1.82) is 0 Å². The van der Waals surface area contributed by atoms with Crippen LogP contribution in [0.25, 0.3) is 0 Å². The van der Waals surface area contributed by atoms with Crippen LogP contribution in [0, 0.1) is 44.6 Å². The average Bonchev–Trinajstić information content (AvgIpc) is 3.36. The molecule has 0 heterocycles. The Hall–Kier alpha value is -1.19. The molecule has 3 aliphatic rings. The molecule has 0 spiro atoms. The molecule has 158 valence electrons. The van der Waals surface area contributed by atoms with E-state index in [1.165, 1.54) is 32.1 Å². The summed E-state index contributed by atoms with van der Waals surface area (Å²) in [5, 5.41) is 12.5. The summed E-state index contributed by atoms with van der Waals surface area (Å²) < 4.78 is 0.917. The number of benzene rings is 1. The van der Waals surface area contributed by atoms with Gasteiger partial charge in [-0.15, -0.1) is 0 Å². The van der Waals surface area contributed by atoms with E-state index in [0.29, 0.717) is 34.9 Å². The summed E-state index contributed by atoms with van der Waals surface area (Å²) in [5.41, 5.74) is 1.15. The Bertz CT molecular complexity index is 811. The number of Topliss-reactive ketones (excluding diaryl/α,β-unsaturated/α-hetero) is 1. The molecule has 1 aromatic carbocycles. The average molecular weight is 462 g/mol. The molecule has 0 amide bonds. The zero-order chi connectivity index (χ0) is 20.8. The minimum absolute atomic E-state index is 0.104. The van der Waals surface area contributed by atoms with Crippen LogP contribution in [0.5, 0.6) is 0 Å². The second-order valence-electron chi connectivity index (χ2n) is 10.2. The number of nitro benzene ring substituents is 1. The van der Waals surface area contributed by atoms with Crippen molar-refractivity contribution in [2.24, 2.45) is 34.5 Å². The molecular formula is C24H33NO3Se. The Balaban J connectivity index is 1.54. The van der Waals surface area contributed by atoms with Crippen LogP contribution in [-0.2, 0) is 4.79 Å². The fraction of sp³-hybridized carbons (Fsp3) is 0.708. The Morgan fingerprint density at radius 2 is 1.97 bits per heavy atom. The Morgan fingerprint density at radius 3 is 2.69 bits per heavy atom. The van der Waals surface area contributed by atoms with E-state index in [2.05, 4.69) is 13.8 Å². The predicted octanol–water partition coefficient (Wildman–Crippen LogP) is 5.18. The minimum atomic E-state index is -0.238. The van der Waals surface area contributed by atoms with Crippen LogP contribution in [0.1, 0.15) is 65.7 Å². The van der Waals surface area contributed by atoms with E-state index in [0.717, 1.165) is 28.0 Å². The Morgan fingerprint density at radius 1 is 1.21 bits per heavy atom. The Kier molecular flexibility index (Phi) is 5.67. The first-order valence-electron chi connectivity index (χ1n) is 11.1. The van der Waals surface area contributed by atoms with Crippen molar-refractivity contribution in [2.75, 3.05) is 0 Å². The third kappa shape index (κ3) is 3.81. The van der Waals surface area contributed by atoms with Gasteiger partial charge < -0.3 is 0 Å². The summed E-state index contributed by atoms with van der Waals surface area (Å²) in [5.74, 6) is 3.19. The summed E-state index contributed by atoms with van der Waals surface area (Å²) in [6, 6.07) is 7.25. The number of nitrogens with zero attached hydrogens (tertiary/aromatic N) is 1. The second-order valence-corrected chi connectivity index (χ2v) is 12.5. The number of hydrogen-bond donors (Lipinski definition) is 0. The Labute approximate surface area is 180 Å². The molecule has 0 unspecified atom stereocenters. The molecule has 1 aromatic rings. The van der Waals surface area contributed by atoms with E-state index in [9.17, 15) is 14.9 Å². The van der Waals surface area contributed by atoms with Crippen LogP contribution in [0.3, 0.4) is 0 Å². The normalized spacial score (nSPS) is 38.0. The van der Waals surface area contributed by atoms with Crippen LogP contribution in [0.2, 0.25) is 5.32 Å². The van der Waals surface area contributed by atoms with Gasteiger partial charge >= 0.3 is 181 Å².